The molecule has 0 bridgehead atoms. The number of rotatable bonds is 5. The van der Waals surface area contributed by atoms with Crippen LogP contribution < -0.4 is 0 Å². The molecule has 0 unspecified atom stereocenters. The summed E-state index contributed by atoms with van der Waals surface area (Å²) in [5, 5.41) is 3.96. The third kappa shape index (κ3) is 2.93. The van der Waals surface area contributed by atoms with Gasteiger partial charge in [-0.05, 0) is 23.6 Å². The molecule has 4 heterocycles. The number of thiophene rings is 1. The second-order valence-electron chi connectivity index (χ2n) is 5.04. The number of carbonyl (C=O) groups is 1. The second-order valence-corrected chi connectivity index (χ2v) is 6.94. The van der Waals surface area contributed by atoms with Crippen molar-refractivity contribution in [1.82, 2.24) is 14.3 Å². The fourth-order valence-corrected chi connectivity index (χ4v) is 3.79. The van der Waals surface area contributed by atoms with Crippen LogP contribution in [-0.2, 0) is 13.1 Å². The van der Waals surface area contributed by atoms with Gasteiger partial charge in [-0.1, -0.05) is 6.07 Å². The minimum atomic E-state index is -0.0919. The molecular formula is C16H13N3O2S2. The van der Waals surface area contributed by atoms with Crippen molar-refractivity contribution in [3.05, 3.63) is 70.0 Å². The molecule has 4 aromatic heterocycles. The zero-order chi connectivity index (χ0) is 15.6. The molecule has 0 saturated heterocycles. The standard InChI is InChI=1S/C16H13N3O2S2/c20-15(14-11-18-5-8-23-16(18)17-14)19(9-12-3-1-6-21-12)10-13-4-2-7-22-13/h1-8,11H,9-10H2. The van der Waals surface area contributed by atoms with Gasteiger partial charge in [-0.3, -0.25) is 9.20 Å². The van der Waals surface area contributed by atoms with Crippen LogP contribution in [0.15, 0.2) is 58.1 Å². The molecule has 0 radical (unpaired) electrons. The van der Waals surface area contributed by atoms with Crippen molar-refractivity contribution in [2.45, 2.75) is 13.1 Å². The molecule has 0 aliphatic heterocycles. The highest BCUT2D eigenvalue weighted by Crippen LogP contribution is 2.19. The maximum atomic E-state index is 12.9. The van der Waals surface area contributed by atoms with Crippen LogP contribution in [0.3, 0.4) is 0 Å². The predicted molar refractivity (Wildman–Crippen MR) is 89.7 cm³/mol. The van der Waals surface area contributed by atoms with Gasteiger partial charge < -0.3 is 9.32 Å². The molecule has 5 nitrogen and oxygen atoms in total. The summed E-state index contributed by atoms with van der Waals surface area (Å²) in [7, 11) is 0. The number of fused-ring (bicyclic) bond motifs is 1. The molecule has 0 aliphatic carbocycles. The van der Waals surface area contributed by atoms with Crippen LogP contribution in [0, 0.1) is 0 Å². The maximum absolute atomic E-state index is 12.9. The van der Waals surface area contributed by atoms with Crippen LogP contribution >= 0.6 is 22.7 Å². The van der Waals surface area contributed by atoms with Gasteiger partial charge in [0.2, 0.25) is 0 Å². The Morgan fingerprint density at radius 3 is 2.91 bits per heavy atom. The molecule has 0 N–H and O–H groups in total. The number of furan rings is 1. The molecule has 0 spiro atoms. The Morgan fingerprint density at radius 1 is 1.22 bits per heavy atom. The summed E-state index contributed by atoms with van der Waals surface area (Å²) < 4.78 is 7.27. The monoisotopic (exact) mass is 343 g/mol. The fraction of sp³-hybridized carbons (Fsp3) is 0.125. The summed E-state index contributed by atoms with van der Waals surface area (Å²) in [6, 6.07) is 7.72. The molecule has 0 saturated carbocycles. The Hall–Kier alpha value is -2.38. The molecule has 4 aromatic rings. The van der Waals surface area contributed by atoms with Gasteiger partial charge in [-0.25, -0.2) is 4.98 Å². The van der Waals surface area contributed by atoms with Crippen molar-refractivity contribution < 1.29 is 9.21 Å². The van der Waals surface area contributed by atoms with E-state index < -0.39 is 0 Å². The molecule has 4 rings (SSSR count). The highest BCUT2D eigenvalue weighted by molar-refractivity contribution is 7.15. The van der Waals surface area contributed by atoms with Crippen molar-refractivity contribution in [2.24, 2.45) is 0 Å². The van der Waals surface area contributed by atoms with Gasteiger partial charge in [0.25, 0.3) is 5.91 Å². The lowest BCUT2D eigenvalue weighted by Crippen LogP contribution is -2.30. The zero-order valence-electron chi connectivity index (χ0n) is 12.1. The number of hydrogen-bond donors (Lipinski definition) is 0. The molecule has 23 heavy (non-hydrogen) atoms. The van der Waals surface area contributed by atoms with E-state index >= 15 is 0 Å². The first-order valence-corrected chi connectivity index (χ1v) is 8.82. The lowest BCUT2D eigenvalue weighted by atomic mass is 10.3. The SMILES string of the molecule is O=C(c1cn2ccsc2n1)N(Cc1ccco1)Cc1cccs1. The second kappa shape index (κ2) is 6.02. The van der Waals surface area contributed by atoms with E-state index in [1.807, 2.05) is 45.6 Å². The van der Waals surface area contributed by atoms with Gasteiger partial charge >= 0.3 is 0 Å². The van der Waals surface area contributed by atoms with E-state index in [1.165, 1.54) is 11.3 Å². The van der Waals surface area contributed by atoms with Gasteiger partial charge in [0.1, 0.15) is 11.5 Å². The quantitative estimate of drug-likeness (QED) is 0.552. The van der Waals surface area contributed by atoms with E-state index in [9.17, 15) is 4.79 Å². The topological polar surface area (TPSA) is 50.8 Å². The van der Waals surface area contributed by atoms with Crippen LogP contribution in [0.2, 0.25) is 0 Å². The average Bonchev–Trinajstić information content (AvgIpc) is 3.30. The Balaban J connectivity index is 1.62. The first-order valence-electron chi connectivity index (χ1n) is 7.06. The summed E-state index contributed by atoms with van der Waals surface area (Å²) >= 11 is 3.15. The van der Waals surface area contributed by atoms with Gasteiger partial charge in [0, 0.05) is 22.7 Å². The van der Waals surface area contributed by atoms with Gasteiger partial charge in [0.15, 0.2) is 4.96 Å². The van der Waals surface area contributed by atoms with Crippen molar-refractivity contribution >= 4 is 33.5 Å². The Morgan fingerprint density at radius 2 is 2.17 bits per heavy atom. The molecule has 0 fully saturated rings. The number of amides is 1. The normalized spacial score (nSPS) is 11.1. The van der Waals surface area contributed by atoms with Crippen LogP contribution in [0.1, 0.15) is 21.1 Å². The maximum Gasteiger partial charge on any atom is 0.274 e. The highest BCUT2D eigenvalue weighted by atomic mass is 32.1. The largest absolute Gasteiger partial charge is 0.467 e. The lowest BCUT2D eigenvalue weighted by molar-refractivity contribution is 0.0714. The molecule has 1 amide bonds. The number of hydrogen-bond acceptors (Lipinski definition) is 5. The first-order chi connectivity index (χ1) is 11.3. The third-order valence-electron chi connectivity index (χ3n) is 3.45. The highest BCUT2D eigenvalue weighted by Gasteiger charge is 2.21. The Bertz CT molecular complexity index is 842. The lowest BCUT2D eigenvalue weighted by Gasteiger charge is -2.20. The molecule has 0 aromatic carbocycles. The minimum absolute atomic E-state index is 0.0919. The smallest absolute Gasteiger partial charge is 0.274 e. The molecule has 0 aliphatic rings. The van der Waals surface area contributed by atoms with Crippen LogP contribution in [-0.4, -0.2) is 20.2 Å². The van der Waals surface area contributed by atoms with Crippen LogP contribution in [0.25, 0.3) is 4.96 Å². The molecule has 7 heteroatoms. The van der Waals surface area contributed by atoms with Gasteiger partial charge in [-0.15, -0.1) is 22.7 Å². The fourth-order valence-electron chi connectivity index (χ4n) is 2.37. The van der Waals surface area contributed by atoms with Crippen LogP contribution in [0.4, 0.5) is 0 Å². The minimum Gasteiger partial charge on any atom is -0.467 e. The third-order valence-corrected chi connectivity index (χ3v) is 5.09. The van der Waals surface area contributed by atoms with E-state index in [2.05, 4.69) is 4.98 Å². The Labute approximate surface area is 140 Å². The number of imidazole rings is 1. The number of thiazole rings is 1. The summed E-state index contributed by atoms with van der Waals surface area (Å²) in [5.41, 5.74) is 0.458. The van der Waals surface area contributed by atoms with Gasteiger partial charge in [0.05, 0.1) is 19.4 Å². The summed E-state index contributed by atoms with van der Waals surface area (Å²) in [5.74, 6) is 0.668. The van der Waals surface area contributed by atoms with Crippen molar-refractivity contribution in [1.29, 1.82) is 0 Å². The van der Waals surface area contributed by atoms with Crippen molar-refractivity contribution in [3.8, 4) is 0 Å². The van der Waals surface area contributed by atoms with E-state index in [1.54, 1.807) is 28.7 Å². The van der Waals surface area contributed by atoms with Crippen LogP contribution in [0.5, 0.6) is 0 Å². The predicted octanol–water partition coefficient (Wildman–Crippen LogP) is 3.89. The van der Waals surface area contributed by atoms with E-state index in [4.69, 9.17) is 4.42 Å². The molecule has 116 valence electrons. The van der Waals surface area contributed by atoms with E-state index in [0.29, 0.717) is 18.8 Å². The van der Waals surface area contributed by atoms with Crippen molar-refractivity contribution in [3.63, 3.8) is 0 Å². The van der Waals surface area contributed by atoms with E-state index in [-0.39, 0.29) is 5.91 Å². The first kappa shape index (κ1) is 14.2. The zero-order valence-corrected chi connectivity index (χ0v) is 13.7. The summed E-state index contributed by atoms with van der Waals surface area (Å²) in [6.45, 7) is 0.970. The molecular weight excluding hydrogens is 330 g/mol. The average molecular weight is 343 g/mol. The number of carbonyl (C=O) groups excluding carboxylic acids is 1. The Kier molecular flexibility index (Phi) is 3.72. The molecule has 0 atom stereocenters. The summed E-state index contributed by atoms with van der Waals surface area (Å²) in [4.78, 5) is 21.0. The summed E-state index contributed by atoms with van der Waals surface area (Å²) in [6.07, 6.45) is 5.30. The van der Waals surface area contributed by atoms with Gasteiger partial charge in [-0.2, -0.15) is 0 Å². The van der Waals surface area contributed by atoms with E-state index in [0.717, 1.165) is 15.6 Å². The van der Waals surface area contributed by atoms with Crippen molar-refractivity contribution in [2.75, 3.05) is 0 Å². The number of nitrogens with zero attached hydrogens (tertiary/aromatic N) is 3. The number of aromatic nitrogens is 2.